The third-order valence-corrected chi connectivity index (χ3v) is 3.01. The molecule has 1 aromatic heterocycles. The normalized spacial score (nSPS) is 10.4. The molecule has 21 heavy (non-hydrogen) atoms. The molecule has 0 saturated heterocycles. The molecule has 110 valence electrons. The lowest BCUT2D eigenvalue weighted by Crippen LogP contribution is -2.08. The van der Waals surface area contributed by atoms with Gasteiger partial charge < -0.3 is 9.84 Å². The summed E-state index contributed by atoms with van der Waals surface area (Å²) in [6, 6.07) is 7.33. The summed E-state index contributed by atoms with van der Waals surface area (Å²) in [5.74, 6) is -0.315. The van der Waals surface area contributed by atoms with Crippen molar-refractivity contribution in [3.8, 4) is 17.0 Å². The van der Waals surface area contributed by atoms with Gasteiger partial charge in [-0.1, -0.05) is 17.7 Å². The summed E-state index contributed by atoms with van der Waals surface area (Å²) in [6.07, 6.45) is 1.61. The van der Waals surface area contributed by atoms with E-state index in [9.17, 15) is 9.90 Å². The van der Waals surface area contributed by atoms with Crippen LogP contribution < -0.4 is 4.74 Å². The summed E-state index contributed by atoms with van der Waals surface area (Å²) >= 11 is 0. The molecule has 0 amide bonds. The Hall–Kier alpha value is -2.56. The number of hydrogen-bond donors (Lipinski definition) is 1. The molecular weight excluding hydrogens is 268 g/mol. The maximum atomic E-state index is 11.3. The number of nitrogens with zero attached hydrogens (tertiary/aromatic N) is 2. The molecule has 0 unspecified atom stereocenters. The van der Waals surface area contributed by atoms with Crippen molar-refractivity contribution in [1.82, 2.24) is 9.78 Å². The van der Waals surface area contributed by atoms with Gasteiger partial charge in [-0.05, 0) is 32.0 Å². The number of benzene rings is 1. The maximum absolute atomic E-state index is 11.3. The zero-order valence-electron chi connectivity index (χ0n) is 12.2. The van der Waals surface area contributed by atoms with Gasteiger partial charge >= 0.3 is 5.97 Å². The average Bonchev–Trinajstić information content (AvgIpc) is 2.85. The lowest BCUT2D eigenvalue weighted by molar-refractivity contribution is 0.0684. The van der Waals surface area contributed by atoms with Crippen molar-refractivity contribution in [3.05, 3.63) is 48.2 Å². The molecule has 2 rings (SSSR count). The Morgan fingerprint density at radius 3 is 2.86 bits per heavy atom. The second-order valence-corrected chi connectivity index (χ2v) is 4.62. The predicted molar refractivity (Wildman–Crippen MR) is 80.7 cm³/mol. The van der Waals surface area contributed by atoms with E-state index < -0.39 is 5.97 Å². The van der Waals surface area contributed by atoms with Crippen molar-refractivity contribution in [2.45, 2.75) is 20.4 Å². The Bertz CT molecular complexity index is 674. The van der Waals surface area contributed by atoms with Crippen LogP contribution in [0.25, 0.3) is 11.3 Å². The van der Waals surface area contributed by atoms with Crippen LogP contribution in [0.2, 0.25) is 0 Å². The highest BCUT2D eigenvalue weighted by atomic mass is 16.5. The first-order chi connectivity index (χ1) is 10.1. The molecule has 0 fully saturated rings. The topological polar surface area (TPSA) is 64.4 Å². The van der Waals surface area contributed by atoms with Crippen molar-refractivity contribution in [1.29, 1.82) is 0 Å². The summed E-state index contributed by atoms with van der Waals surface area (Å²) in [5, 5.41) is 13.6. The summed E-state index contributed by atoms with van der Waals surface area (Å²) in [5.41, 5.74) is 2.57. The zero-order valence-corrected chi connectivity index (χ0v) is 12.2. The molecule has 1 heterocycles. The predicted octanol–water partition coefficient (Wildman–Crippen LogP) is 3.14. The van der Waals surface area contributed by atoms with E-state index in [1.807, 2.05) is 32.0 Å². The summed E-state index contributed by atoms with van der Waals surface area (Å²) < 4.78 is 7.02. The summed E-state index contributed by atoms with van der Waals surface area (Å²) in [7, 11) is 0. The molecule has 1 N–H and O–H groups in total. The standard InChI is InChI=1S/C16H18N2O3/c1-4-8-18-14(16(19)20)10-13(17-18)12-9-11(3)6-7-15(12)21-5-2/h4,6-7,9-10H,1,5,8H2,2-3H3,(H,19,20). The molecule has 5 heteroatoms. The minimum atomic E-state index is -1.01. The fourth-order valence-corrected chi connectivity index (χ4v) is 2.11. The van der Waals surface area contributed by atoms with Crippen molar-refractivity contribution in [2.75, 3.05) is 6.61 Å². The van der Waals surface area contributed by atoms with Crippen LogP contribution in [0.15, 0.2) is 36.9 Å². The molecule has 0 atom stereocenters. The van der Waals surface area contributed by atoms with Crippen molar-refractivity contribution in [2.24, 2.45) is 0 Å². The number of carboxylic acids is 1. The Morgan fingerprint density at radius 1 is 1.48 bits per heavy atom. The van der Waals surface area contributed by atoms with Crippen LogP contribution in [0.4, 0.5) is 0 Å². The quantitative estimate of drug-likeness (QED) is 0.828. The third kappa shape index (κ3) is 3.13. The number of ether oxygens (including phenoxy) is 1. The molecule has 0 saturated carbocycles. The van der Waals surface area contributed by atoms with Crippen LogP contribution in [-0.4, -0.2) is 27.5 Å². The van der Waals surface area contributed by atoms with Gasteiger partial charge in [0, 0.05) is 5.56 Å². The minimum Gasteiger partial charge on any atom is -0.493 e. The van der Waals surface area contributed by atoms with E-state index in [1.165, 1.54) is 4.68 Å². The number of rotatable bonds is 6. The zero-order chi connectivity index (χ0) is 15.4. The van der Waals surface area contributed by atoms with E-state index in [1.54, 1.807) is 12.1 Å². The monoisotopic (exact) mass is 286 g/mol. The number of carboxylic acid groups (broad SMARTS) is 1. The molecule has 0 aliphatic rings. The van der Waals surface area contributed by atoms with Gasteiger partial charge in [-0.15, -0.1) is 6.58 Å². The Kier molecular flexibility index (Phi) is 4.42. The lowest BCUT2D eigenvalue weighted by Gasteiger charge is -2.09. The number of allylic oxidation sites excluding steroid dienone is 1. The highest BCUT2D eigenvalue weighted by molar-refractivity contribution is 5.87. The van der Waals surface area contributed by atoms with Crippen LogP contribution in [-0.2, 0) is 6.54 Å². The first-order valence-electron chi connectivity index (χ1n) is 6.72. The van der Waals surface area contributed by atoms with Gasteiger partial charge in [0.05, 0.1) is 18.8 Å². The Morgan fingerprint density at radius 2 is 2.24 bits per heavy atom. The number of hydrogen-bond acceptors (Lipinski definition) is 3. The number of aromatic carboxylic acids is 1. The van der Waals surface area contributed by atoms with Crippen LogP contribution in [0.1, 0.15) is 23.0 Å². The largest absolute Gasteiger partial charge is 0.493 e. The van der Waals surface area contributed by atoms with Gasteiger partial charge in [-0.25, -0.2) is 4.79 Å². The summed E-state index contributed by atoms with van der Waals surface area (Å²) in [6.45, 7) is 8.38. The first kappa shape index (κ1) is 14.8. The van der Waals surface area contributed by atoms with Gasteiger partial charge in [0.15, 0.2) is 0 Å². The smallest absolute Gasteiger partial charge is 0.354 e. The van der Waals surface area contributed by atoms with Gasteiger partial charge in [-0.3, -0.25) is 4.68 Å². The second-order valence-electron chi connectivity index (χ2n) is 4.62. The molecule has 0 bridgehead atoms. The second kappa shape index (κ2) is 6.26. The molecule has 1 aromatic carbocycles. The summed E-state index contributed by atoms with van der Waals surface area (Å²) in [4.78, 5) is 11.3. The molecule has 2 aromatic rings. The van der Waals surface area contributed by atoms with Crippen molar-refractivity contribution >= 4 is 5.97 Å². The SMILES string of the molecule is C=CCn1nc(-c2cc(C)ccc2OCC)cc1C(=O)O. The highest BCUT2D eigenvalue weighted by Gasteiger charge is 2.17. The van der Waals surface area contributed by atoms with Crippen molar-refractivity contribution in [3.63, 3.8) is 0 Å². The molecule has 0 aliphatic heterocycles. The van der Waals surface area contributed by atoms with Crippen LogP contribution in [0, 0.1) is 6.92 Å². The van der Waals surface area contributed by atoms with E-state index >= 15 is 0 Å². The first-order valence-corrected chi connectivity index (χ1v) is 6.72. The van der Waals surface area contributed by atoms with E-state index in [2.05, 4.69) is 11.7 Å². The van der Waals surface area contributed by atoms with Gasteiger partial charge in [0.25, 0.3) is 0 Å². The van der Waals surface area contributed by atoms with Crippen LogP contribution in [0.3, 0.4) is 0 Å². The van der Waals surface area contributed by atoms with Crippen LogP contribution in [0.5, 0.6) is 5.75 Å². The molecule has 0 spiro atoms. The van der Waals surface area contributed by atoms with Gasteiger partial charge in [0.1, 0.15) is 11.4 Å². The van der Waals surface area contributed by atoms with Crippen LogP contribution >= 0.6 is 0 Å². The molecule has 0 radical (unpaired) electrons. The Balaban J connectivity index is 2.55. The van der Waals surface area contributed by atoms with E-state index in [0.717, 1.165) is 11.1 Å². The van der Waals surface area contributed by atoms with E-state index in [0.29, 0.717) is 24.6 Å². The number of aryl methyl sites for hydroxylation is 1. The highest BCUT2D eigenvalue weighted by Crippen LogP contribution is 2.30. The molecule has 0 aliphatic carbocycles. The van der Waals surface area contributed by atoms with E-state index in [-0.39, 0.29) is 5.69 Å². The number of carbonyl (C=O) groups is 1. The third-order valence-electron chi connectivity index (χ3n) is 3.01. The lowest BCUT2D eigenvalue weighted by atomic mass is 10.1. The minimum absolute atomic E-state index is 0.133. The van der Waals surface area contributed by atoms with Crippen molar-refractivity contribution < 1.29 is 14.6 Å². The fourth-order valence-electron chi connectivity index (χ4n) is 2.11. The van der Waals surface area contributed by atoms with Gasteiger partial charge in [-0.2, -0.15) is 5.10 Å². The number of aromatic nitrogens is 2. The van der Waals surface area contributed by atoms with Gasteiger partial charge in [0.2, 0.25) is 0 Å². The van der Waals surface area contributed by atoms with E-state index in [4.69, 9.17) is 4.74 Å². The Labute approximate surface area is 123 Å². The average molecular weight is 286 g/mol. The molecular formula is C16H18N2O3. The maximum Gasteiger partial charge on any atom is 0.354 e. The molecule has 5 nitrogen and oxygen atoms in total. The fraction of sp³-hybridized carbons (Fsp3) is 0.250.